The zero-order valence-electron chi connectivity index (χ0n) is 12.5. The van der Waals surface area contributed by atoms with E-state index in [0.29, 0.717) is 6.42 Å². The highest BCUT2D eigenvalue weighted by atomic mass is 19.1. The predicted octanol–water partition coefficient (Wildman–Crippen LogP) is 1.17. The predicted molar refractivity (Wildman–Crippen MR) is 78.7 cm³/mol. The fourth-order valence-electron chi connectivity index (χ4n) is 1.94. The maximum atomic E-state index is 13.4. The van der Waals surface area contributed by atoms with Crippen molar-refractivity contribution in [3.05, 3.63) is 47.2 Å². The molecule has 7 heteroatoms. The molecule has 0 bridgehead atoms. The average Bonchev–Trinajstić information content (AvgIpc) is 2.49. The van der Waals surface area contributed by atoms with Crippen LogP contribution in [0.25, 0.3) is 0 Å². The Labute approximate surface area is 127 Å². The van der Waals surface area contributed by atoms with Crippen molar-refractivity contribution in [2.45, 2.75) is 31.8 Å². The third-order valence-corrected chi connectivity index (χ3v) is 3.10. The fraction of sp³-hybridized carbons (Fsp3) is 0.400. The normalized spacial score (nSPS) is 13.0. The largest absolute Gasteiger partial charge is 0.467 e. The summed E-state index contributed by atoms with van der Waals surface area (Å²) in [5.41, 5.74) is -0.503. The van der Waals surface area contributed by atoms with Crippen LogP contribution in [0.15, 0.2) is 35.8 Å². The summed E-state index contributed by atoms with van der Waals surface area (Å²) in [6.45, 7) is 5.02. The van der Waals surface area contributed by atoms with Crippen molar-refractivity contribution in [2.24, 2.45) is 0 Å². The molecule has 6 nitrogen and oxygen atoms in total. The van der Waals surface area contributed by atoms with Gasteiger partial charge in [0.15, 0.2) is 0 Å². The summed E-state index contributed by atoms with van der Waals surface area (Å²) in [5, 5.41) is 2.45. The van der Waals surface area contributed by atoms with E-state index in [9.17, 15) is 18.8 Å². The number of carbonyl (C=O) groups is 2. The van der Waals surface area contributed by atoms with Gasteiger partial charge in [-0.1, -0.05) is 6.08 Å². The molecular formula is C15H19FN2O4. The lowest BCUT2D eigenvalue weighted by Crippen LogP contribution is -2.44. The number of amides is 1. The second-order valence-corrected chi connectivity index (χ2v) is 4.73. The maximum absolute atomic E-state index is 13.4. The standard InChI is InChI=1S/C15H19FN2O4/c1-4-5-6-12(14(20)17-10(2)15(21)22-3)18-9-11(16)7-8-13(18)19/h4,7-10,12H,1,5-6H2,2-3H3,(H,17,20)/t10?,12-/m0/s1. The Balaban J connectivity index is 3.04. The van der Waals surface area contributed by atoms with Crippen molar-refractivity contribution in [1.82, 2.24) is 9.88 Å². The molecule has 2 atom stereocenters. The van der Waals surface area contributed by atoms with Crippen LogP contribution < -0.4 is 10.9 Å². The van der Waals surface area contributed by atoms with E-state index in [1.807, 2.05) is 0 Å². The van der Waals surface area contributed by atoms with E-state index >= 15 is 0 Å². The van der Waals surface area contributed by atoms with Crippen LogP contribution in [0.4, 0.5) is 4.39 Å². The van der Waals surface area contributed by atoms with Gasteiger partial charge >= 0.3 is 5.97 Å². The molecule has 0 aliphatic heterocycles. The van der Waals surface area contributed by atoms with Crippen molar-refractivity contribution in [2.75, 3.05) is 7.11 Å². The van der Waals surface area contributed by atoms with Gasteiger partial charge in [0, 0.05) is 12.3 Å². The van der Waals surface area contributed by atoms with Gasteiger partial charge in [0.25, 0.3) is 5.56 Å². The maximum Gasteiger partial charge on any atom is 0.328 e. The van der Waals surface area contributed by atoms with Gasteiger partial charge in [0.05, 0.1) is 7.11 Å². The lowest BCUT2D eigenvalue weighted by Gasteiger charge is -2.21. The Morgan fingerprint density at radius 1 is 1.50 bits per heavy atom. The molecule has 0 spiro atoms. The zero-order chi connectivity index (χ0) is 16.7. The molecule has 120 valence electrons. The van der Waals surface area contributed by atoms with Crippen molar-refractivity contribution < 1.29 is 18.7 Å². The smallest absolute Gasteiger partial charge is 0.328 e. The summed E-state index contributed by atoms with van der Waals surface area (Å²) in [4.78, 5) is 35.5. The van der Waals surface area contributed by atoms with Gasteiger partial charge in [0.2, 0.25) is 5.91 Å². The zero-order valence-corrected chi connectivity index (χ0v) is 12.5. The number of rotatable bonds is 7. The van der Waals surface area contributed by atoms with Crippen LogP contribution in [0, 0.1) is 5.82 Å². The number of hydrogen-bond donors (Lipinski definition) is 1. The molecule has 0 aromatic carbocycles. The molecule has 0 saturated heterocycles. The van der Waals surface area contributed by atoms with Crippen molar-refractivity contribution in [3.63, 3.8) is 0 Å². The summed E-state index contributed by atoms with van der Waals surface area (Å²) in [6.07, 6.45) is 3.27. The monoisotopic (exact) mass is 310 g/mol. The first-order chi connectivity index (χ1) is 10.4. The van der Waals surface area contributed by atoms with Crippen LogP contribution in [-0.4, -0.2) is 29.6 Å². The summed E-state index contributed by atoms with van der Waals surface area (Å²) >= 11 is 0. The second-order valence-electron chi connectivity index (χ2n) is 4.73. The fourth-order valence-corrected chi connectivity index (χ4v) is 1.94. The quantitative estimate of drug-likeness (QED) is 0.606. The number of allylic oxidation sites excluding steroid dienone is 1. The van der Waals surface area contributed by atoms with Crippen LogP contribution in [-0.2, 0) is 14.3 Å². The minimum Gasteiger partial charge on any atom is -0.467 e. The number of pyridine rings is 1. The first-order valence-corrected chi connectivity index (χ1v) is 6.77. The highest BCUT2D eigenvalue weighted by Gasteiger charge is 2.25. The second kappa shape index (κ2) is 8.11. The topological polar surface area (TPSA) is 77.4 Å². The number of nitrogens with one attached hydrogen (secondary N) is 1. The molecule has 0 fully saturated rings. The molecule has 1 N–H and O–H groups in total. The molecule has 0 aliphatic rings. The molecule has 0 saturated carbocycles. The van der Waals surface area contributed by atoms with Crippen molar-refractivity contribution in [3.8, 4) is 0 Å². The van der Waals surface area contributed by atoms with Gasteiger partial charge in [-0.05, 0) is 25.8 Å². The number of halogens is 1. The van der Waals surface area contributed by atoms with Gasteiger partial charge < -0.3 is 14.6 Å². The number of hydrogen-bond acceptors (Lipinski definition) is 4. The molecule has 1 aromatic heterocycles. The van der Waals surface area contributed by atoms with Crippen LogP contribution in [0.1, 0.15) is 25.8 Å². The molecule has 22 heavy (non-hydrogen) atoms. The minimum absolute atomic E-state index is 0.257. The Kier molecular flexibility index (Phi) is 6.49. The Bertz CT molecular complexity index is 612. The van der Waals surface area contributed by atoms with Crippen LogP contribution in [0.2, 0.25) is 0 Å². The Hall–Kier alpha value is -2.44. The van der Waals surface area contributed by atoms with Crippen molar-refractivity contribution >= 4 is 11.9 Å². The van der Waals surface area contributed by atoms with Gasteiger partial charge in [0.1, 0.15) is 17.9 Å². The number of nitrogens with zero attached hydrogens (tertiary/aromatic N) is 1. The molecular weight excluding hydrogens is 291 g/mol. The van der Waals surface area contributed by atoms with E-state index in [2.05, 4.69) is 16.6 Å². The van der Waals surface area contributed by atoms with E-state index in [4.69, 9.17) is 0 Å². The van der Waals surface area contributed by atoms with Gasteiger partial charge in [-0.25, -0.2) is 9.18 Å². The van der Waals surface area contributed by atoms with Gasteiger partial charge in [-0.15, -0.1) is 6.58 Å². The summed E-state index contributed by atoms with van der Waals surface area (Å²) in [7, 11) is 1.21. The van der Waals surface area contributed by atoms with E-state index in [1.165, 1.54) is 14.0 Å². The summed E-state index contributed by atoms with van der Waals surface area (Å²) < 4.78 is 18.9. The van der Waals surface area contributed by atoms with E-state index < -0.39 is 35.3 Å². The average molecular weight is 310 g/mol. The Morgan fingerprint density at radius 2 is 2.18 bits per heavy atom. The van der Waals surface area contributed by atoms with E-state index in [0.717, 1.165) is 22.9 Å². The van der Waals surface area contributed by atoms with Crippen LogP contribution >= 0.6 is 0 Å². The molecule has 1 heterocycles. The van der Waals surface area contributed by atoms with Crippen LogP contribution in [0.5, 0.6) is 0 Å². The number of esters is 1. The third-order valence-electron chi connectivity index (χ3n) is 3.10. The number of ether oxygens (including phenoxy) is 1. The number of aromatic nitrogens is 1. The van der Waals surface area contributed by atoms with E-state index in [1.54, 1.807) is 6.08 Å². The minimum atomic E-state index is -0.937. The van der Waals surface area contributed by atoms with Gasteiger partial charge in [-0.3, -0.25) is 9.59 Å². The molecule has 1 amide bonds. The highest BCUT2D eigenvalue weighted by molar-refractivity contribution is 5.86. The molecule has 1 unspecified atom stereocenters. The Morgan fingerprint density at radius 3 is 2.77 bits per heavy atom. The first-order valence-electron chi connectivity index (χ1n) is 6.77. The molecule has 0 aliphatic carbocycles. The molecule has 0 radical (unpaired) electrons. The number of methoxy groups -OCH3 is 1. The van der Waals surface area contributed by atoms with Gasteiger partial charge in [-0.2, -0.15) is 0 Å². The molecule has 1 rings (SSSR count). The SMILES string of the molecule is C=CCC[C@@H](C(=O)NC(C)C(=O)OC)n1cc(F)ccc1=O. The summed E-state index contributed by atoms with van der Waals surface area (Å²) in [5.74, 6) is -1.80. The molecule has 1 aromatic rings. The lowest BCUT2D eigenvalue weighted by molar-refractivity contribution is -0.145. The number of carbonyl (C=O) groups excluding carboxylic acids is 2. The third kappa shape index (κ3) is 4.54. The van der Waals surface area contributed by atoms with E-state index in [-0.39, 0.29) is 6.42 Å². The lowest BCUT2D eigenvalue weighted by atomic mass is 10.1. The van der Waals surface area contributed by atoms with Crippen molar-refractivity contribution in [1.29, 1.82) is 0 Å². The first kappa shape index (κ1) is 17.6. The summed E-state index contributed by atoms with van der Waals surface area (Å²) in [6, 6.07) is 0.271. The van der Waals surface area contributed by atoms with Crippen LogP contribution in [0.3, 0.4) is 0 Å². The highest BCUT2D eigenvalue weighted by Crippen LogP contribution is 2.13.